The van der Waals surface area contributed by atoms with Gasteiger partial charge < -0.3 is 19.1 Å². The van der Waals surface area contributed by atoms with Gasteiger partial charge in [-0.1, -0.05) is 43.0 Å². The summed E-state index contributed by atoms with van der Waals surface area (Å²) >= 11 is 0. The summed E-state index contributed by atoms with van der Waals surface area (Å²) in [5.74, 6) is -0.196. The lowest BCUT2D eigenvalue weighted by Crippen LogP contribution is -2.45. The van der Waals surface area contributed by atoms with E-state index in [1.165, 1.54) is 25.7 Å². The minimum absolute atomic E-state index is 0.0614. The van der Waals surface area contributed by atoms with Gasteiger partial charge in [-0.3, -0.25) is 9.59 Å². The zero-order valence-corrected chi connectivity index (χ0v) is 16.3. The van der Waals surface area contributed by atoms with E-state index in [-0.39, 0.29) is 24.0 Å². The van der Waals surface area contributed by atoms with Crippen LogP contribution in [0.5, 0.6) is 0 Å². The number of hydrogen-bond donors (Lipinski definition) is 0. The summed E-state index contributed by atoms with van der Waals surface area (Å²) in [7, 11) is 1.75. The second-order valence-corrected chi connectivity index (χ2v) is 8.68. The number of amides is 2. The molecule has 3 aliphatic heterocycles. The summed E-state index contributed by atoms with van der Waals surface area (Å²) in [5, 5.41) is 3.69. The van der Waals surface area contributed by atoms with Crippen LogP contribution in [0.3, 0.4) is 0 Å². The summed E-state index contributed by atoms with van der Waals surface area (Å²) < 4.78 is 11.4. The fourth-order valence-corrected chi connectivity index (χ4v) is 5.58. The maximum Gasteiger partial charge on any atom is 0.230 e. The summed E-state index contributed by atoms with van der Waals surface area (Å²) in [4.78, 5) is 30.4. The average molecular weight is 385 g/mol. The first-order valence-corrected chi connectivity index (χ1v) is 10.4. The smallest absolute Gasteiger partial charge is 0.230 e. The van der Waals surface area contributed by atoms with Crippen molar-refractivity contribution in [3.05, 3.63) is 30.2 Å². The standard InChI is InChI=1S/C21H27N3O4/c1-23(12-15-9-11-22-28-15)19(25)17-16-8-10-21(27-16)13-24(20(26)18(17)21)14-6-4-2-3-5-7-14/h8-11,14,16-18H,2-7,12-13H2,1H3/t16-,17?,18?,21-/m1/s1. The number of hydrogen-bond acceptors (Lipinski definition) is 5. The molecule has 5 rings (SSSR count). The van der Waals surface area contributed by atoms with Crippen molar-refractivity contribution in [2.45, 2.75) is 62.8 Å². The highest BCUT2D eigenvalue weighted by Crippen LogP contribution is 2.53. The third-order valence-corrected chi connectivity index (χ3v) is 6.94. The van der Waals surface area contributed by atoms with Gasteiger partial charge in [0.05, 0.1) is 37.2 Å². The number of carbonyl (C=O) groups excluding carboxylic acids is 2. The number of likely N-dealkylation sites (tertiary alicyclic amines) is 1. The molecule has 0 N–H and O–H groups in total. The van der Waals surface area contributed by atoms with Crippen molar-refractivity contribution in [2.24, 2.45) is 11.8 Å². The van der Waals surface area contributed by atoms with Crippen LogP contribution in [0, 0.1) is 11.8 Å². The summed E-state index contributed by atoms with van der Waals surface area (Å²) in [6, 6.07) is 2.03. The zero-order valence-electron chi connectivity index (χ0n) is 16.3. The van der Waals surface area contributed by atoms with E-state index >= 15 is 0 Å². The molecule has 4 atom stereocenters. The molecular weight excluding hydrogens is 358 g/mol. The second kappa shape index (κ2) is 6.72. The fourth-order valence-electron chi connectivity index (χ4n) is 5.58. The molecule has 7 heteroatoms. The van der Waals surface area contributed by atoms with E-state index in [0.717, 1.165) is 12.8 Å². The lowest BCUT2D eigenvalue weighted by atomic mass is 9.76. The fraction of sp³-hybridized carbons (Fsp3) is 0.667. The van der Waals surface area contributed by atoms with Crippen molar-refractivity contribution in [1.82, 2.24) is 15.0 Å². The molecule has 2 unspecified atom stereocenters. The highest BCUT2D eigenvalue weighted by molar-refractivity contribution is 5.93. The van der Waals surface area contributed by atoms with Crippen molar-refractivity contribution >= 4 is 11.8 Å². The topological polar surface area (TPSA) is 75.9 Å². The molecule has 1 spiro atoms. The van der Waals surface area contributed by atoms with E-state index in [1.807, 2.05) is 17.1 Å². The van der Waals surface area contributed by atoms with Crippen molar-refractivity contribution < 1.29 is 18.8 Å². The maximum absolute atomic E-state index is 13.5. The number of rotatable bonds is 4. The number of carbonyl (C=O) groups is 2. The maximum atomic E-state index is 13.5. The monoisotopic (exact) mass is 385 g/mol. The molecule has 7 nitrogen and oxygen atoms in total. The van der Waals surface area contributed by atoms with Crippen LogP contribution in [0.15, 0.2) is 28.9 Å². The third kappa shape index (κ3) is 2.70. The van der Waals surface area contributed by atoms with E-state index in [2.05, 4.69) is 5.16 Å². The highest BCUT2D eigenvalue weighted by Gasteiger charge is 2.67. The Morgan fingerprint density at radius 1 is 1.32 bits per heavy atom. The van der Waals surface area contributed by atoms with Gasteiger partial charge in [0.2, 0.25) is 11.8 Å². The molecule has 150 valence electrons. The number of fused-ring (bicyclic) bond motifs is 1. The largest absolute Gasteiger partial charge is 0.360 e. The average Bonchev–Trinajstić information content (AvgIpc) is 3.41. The van der Waals surface area contributed by atoms with Gasteiger partial charge in [0, 0.05) is 19.2 Å². The van der Waals surface area contributed by atoms with E-state index in [0.29, 0.717) is 18.8 Å². The van der Waals surface area contributed by atoms with Gasteiger partial charge in [-0.05, 0) is 12.8 Å². The molecule has 4 heterocycles. The van der Waals surface area contributed by atoms with Crippen molar-refractivity contribution in [1.29, 1.82) is 0 Å². The van der Waals surface area contributed by atoms with E-state index in [4.69, 9.17) is 9.26 Å². The minimum Gasteiger partial charge on any atom is -0.360 e. The molecule has 1 aromatic rings. The third-order valence-electron chi connectivity index (χ3n) is 6.94. The first kappa shape index (κ1) is 17.9. The van der Waals surface area contributed by atoms with Gasteiger partial charge in [-0.25, -0.2) is 0 Å². The van der Waals surface area contributed by atoms with Crippen LogP contribution in [0.25, 0.3) is 0 Å². The van der Waals surface area contributed by atoms with Gasteiger partial charge in [-0.15, -0.1) is 0 Å². The Morgan fingerprint density at radius 3 is 2.82 bits per heavy atom. The van der Waals surface area contributed by atoms with Gasteiger partial charge in [0.25, 0.3) is 0 Å². The Balaban J connectivity index is 1.37. The normalized spacial score (nSPS) is 34.7. The highest BCUT2D eigenvalue weighted by atomic mass is 16.5. The quantitative estimate of drug-likeness (QED) is 0.586. The molecule has 28 heavy (non-hydrogen) atoms. The lowest BCUT2D eigenvalue weighted by Gasteiger charge is -2.30. The molecule has 1 saturated carbocycles. The van der Waals surface area contributed by atoms with Crippen molar-refractivity contribution in [3.63, 3.8) is 0 Å². The number of ether oxygens (including phenoxy) is 1. The van der Waals surface area contributed by atoms with E-state index in [9.17, 15) is 9.59 Å². The molecule has 1 aromatic heterocycles. The summed E-state index contributed by atoms with van der Waals surface area (Å²) in [6.07, 6.45) is 12.2. The van der Waals surface area contributed by atoms with Crippen LogP contribution in [-0.2, 0) is 20.9 Å². The molecule has 3 fully saturated rings. The lowest BCUT2D eigenvalue weighted by molar-refractivity contribution is -0.143. The Labute approximate surface area is 164 Å². The Kier molecular flexibility index (Phi) is 4.30. The van der Waals surface area contributed by atoms with Crippen molar-refractivity contribution in [2.75, 3.05) is 13.6 Å². The molecule has 4 aliphatic rings. The summed E-state index contributed by atoms with van der Waals surface area (Å²) in [5.41, 5.74) is -0.624. The number of nitrogens with zero attached hydrogens (tertiary/aromatic N) is 3. The molecule has 2 bridgehead atoms. The Hall–Kier alpha value is -2.15. The molecule has 2 saturated heterocycles. The zero-order chi connectivity index (χ0) is 19.3. The predicted octanol–water partition coefficient (Wildman–Crippen LogP) is 2.14. The van der Waals surface area contributed by atoms with Crippen LogP contribution in [0.2, 0.25) is 0 Å². The molecule has 0 radical (unpaired) electrons. The Morgan fingerprint density at radius 2 is 2.11 bits per heavy atom. The molecule has 0 aromatic carbocycles. The van der Waals surface area contributed by atoms with Gasteiger partial charge in [0.1, 0.15) is 5.60 Å². The van der Waals surface area contributed by atoms with Gasteiger partial charge >= 0.3 is 0 Å². The van der Waals surface area contributed by atoms with Crippen LogP contribution in [0.4, 0.5) is 0 Å². The number of aromatic nitrogens is 1. The van der Waals surface area contributed by atoms with Gasteiger partial charge in [0.15, 0.2) is 5.76 Å². The van der Waals surface area contributed by atoms with Crippen LogP contribution in [-0.4, -0.2) is 58.1 Å². The minimum atomic E-state index is -0.624. The van der Waals surface area contributed by atoms with Crippen molar-refractivity contribution in [3.8, 4) is 0 Å². The predicted molar refractivity (Wildman–Crippen MR) is 99.9 cm³/mol. The van der Waals surface area contributed by atoms with Crippen LogP contribution >= 0.6 is 0 Å². The molecule has 2 amide bonds. The van der Waals surface area contributed by atoms with E-state index in [1.54, 1.807) is 24.2 Å². The van der Waals surface area contributed by atoms with E-state index < -0.39 is 17.4 Å². The van der Waals surface area contributed by atoms with Crippen LogP contribution < -0.4 is 0 Å². The first-order chi connectivity index (χ1) is 13.6. The van der Waals surface area contributed by atoms with Crippen LogP contribution in [0.1, 0.15) is 44.3 Å². The molecular formula is C21H27N3O4. The Bertz CT molecular complexity index is 784. The van der Waals surface area contributed by atoms with Gasteiger partial charge in [-0.2, -0.15) is 0 Å². The SMILES string of the molecule is CN(Cc1ccno1)C(=O)C1C2C(=O)N(C3CCCCCC3)C[C@]23C=C[C@H]1O3. The second-order valence-electron chi connectivity index (χ2n) is 8.68. The summed E-state index contributed by atoms with van der Waals surface area (Å²) in [6.45, 7) is 0.926. The molecule has 1 aliphatic carbocycles. The first-order valence-electron chi connectivity index (χ1n) is 10.4.